The van der Waals surface area contributed by atoms with E-state index in [1.807, 2.05) is 13.8 Å². The minimum absolute atomic E-state index is 0.0231. The number of aromatic nitrogens is 5. The molecule has 3 aromatic heterocycles. The Labute approximate surface area is 195 Å². The van der Waals surface area contributed by atoms with Gasteiger partial charge in [0.2, 0.25) is 0 Å². The average molecular weight is 472 g/mol. The predicted octanol–water partition coefficient (Wildman–Crippen LogP) is 2.96. The van der Waals surface area contributed by atoms with E-state index in [1.54, 1.807) is 54.6 Å². The van der Waals surface area contributed by atoms with Gasteiger partial charge < -0.3 is 26.0 Å². The van der Waals surface area contributed by atoms with Crippen molar-refractivity contribution in [2.24, 2.45) is 5.92 Å². The molecule has 0 saturated heterocycles. The van der Waals surface area contributed by atoms with Crippen molar-refractivity contribution in [3.05, 3.63) is 53.4 Å². The normalized spacial score (nSPS) is 13.4. The monoisotopic (exact) mass is 471 g/mol. The number of nitrogens with zero attached hydrogens (tertiary/aromatic N) is 5. The molecule has 4 rings (SSSR count). The van der Waals surface area contributed by atoms with Crippen LogP contribution < -0.4 is 15.8 Å². The van der Waals surface area contributed by atoms with Crippen LogP contribution in [0.2, 0.25) is 5.02 Å². The molecule has 3 heterocycles. The van der Waals surface area contributed by atoms with Crippen LogP contribution in [0.15, 0.2) is 42.9 Å². The molecule has 0 fully saturated rings. The number of ether oxygens (including phenoxy) is 1. The summed E-state index contributed by atoms with van der Waals surface area (Å²) < 4.78 is 8.70. The van der Waals surface area contributed by atoms with Crippen LogP contribution in [0, 0.1) is 5.92 Å². The molecular formula is C22H26ClN7O3. The van der Waals surface area contributed by atoms with E-state index in [0.717, 1.165) is 0 Å². The Morgan fingerprint density at radius 3 is 2.79 bits per heavy atom. The summed E-state index contributed by atoms with van der Waals surface area (Å²) in [7, 11) is 1.56. The number of benzene rings is 1. The van der Waals surface area contributed by atoms with Crippen molar-refractivity contribution in [1.29, 1.82) is 0 Å². The number of rotatable bonds is 8. The van der Waals surface area contributed by atoms with Gasteiger partial charge in [-0.25, -0.2) is 9.50 Å². The van der Waals surface area contributed by atoms with E-state index in [2.05, 4.69) is 20.5 Å². The van der Waals surface area contributed by atoms with Crippen molar-refractivity contribution in [2.75, 3.05) is 18.2 Å². The van der Waals surface area contributed by atoms with E-state index in [1.165, 1.54) is 4.52 Å². The molecule has 11 heteroatoms. The van der Waals surface area contributed by atoms with E-state index in [-0.39, 0.29) is 18.3 Å². The number of aliphatic hydroxyl groups is 2. The first-order valence-electron chi connectivity index (χ1n) is 10.4. The van der Waals surface area contributed by atoms with Crippen LogP contribution in [0.5, 0.6) is 5.75 Å². The number of hydrogen-bond donors (Lipinski definition) is 4. The van der Waals surface area contributed by atoms with Crippen LogP contribution in [0.25, 0.3) is 16.9 Å². The fourth-order valence-electron chi connectivity index (χ4n) is 3.57. The lowest BCUT2D eigenvalue weighted by molar-refractivity contribution is 0.103. The van der Waals surface area contributed by atoms with Gasteiger partial charge in [0.1, 0.15) is 5.75 Å². The lowest BCUT2D eigenvalue weighted by Gasteiger charge is -2.19. The molecule has 4 aromatic rings. The largest absolute Gasteiger partial charge is 0.496 e. The third kappa shape index (κ3) is 4.45. The second-order valence-electron chi connectivity index (χ2n) is 7.98. The minimum Gasteiger partial charge on any atom is -0.496 e. The van der Waals surface area contributed by atoms with Gasteiger partial charge in [0.05, 0.1) is 42.9 Å². The number of anilines is 2. The first kappa shape index (κ1) is 22.8. The molecule has 0 saturated carbocycles. The fourth-order valence-corrected chi connectivity index (χ4v) is 3.74. The number of nitrogens with one attached hydrogen (secondary N) is 1. The van der Waals surface area contributed by atoms with Crippen LogP contribution in [0.4, 0.5) is 11.5 Å². The van der Waals surface area contributed by atoms with Crippen molar-refractivity contribution in [2.45, 2.75) is 32.7 Å². The zero-order valence-corrected chi connectivity index (χ0v) is 19.2. The summed E-state index contributed by atoms with van der Waals surface area (Å²) in [5.74, 6) is 0.739. The number of aliphatic hydroxyl groups excluding tert-OH is 2. The molecule has 0 aliphatic rings. The lowest BCUT2D eigenvalue weighted by atomic mass is 10.1. The van der Waals surface area contributed by atoms with E-state index in [4.69, 9.17) is 22.1 Å². The summed E-state index contributed by atoms with van der Waals surface area (Å²) in [6.45, 7) is 4.09. The maximum atomic E-state index is 11.0. The molecule has 0 amide bonds. The van der Waals surface area contributed by atoms with Gasteiger partial charge in [-0.05, 0) is 30.2 Å². The minimum atomic E-state index is -1.23. The number of halogens is 1. The van der Waals surface area contributed by atoms with Crippen LogP contribution >= 0.6 is 11.6 Å². The zero-order valence-electron chi connectivity index (χ0n) is 18.5. The molecule has 5 N–H and O–H groups in total. The summed E-state index contributed by atoms with van der Waals surface area (Å²) >= 11 is 6.28. The number of nitrogens with two attached hydrogens (primary N) is 1. The van der Waals surface area contributed by atoms with Gasteiger partial charge in [-0.3, -0.25) is 4.68 Å². The van der Waals surface area contributed by atoms with E-state index < -0.39 is 12.3 Å². The molecular weight excluding hydrogens is 446 g/mol. The topological polar surface area (TPSA) is 136 Å². The quantitative estimate of drug-likeness (QED) is 0.288. The molecule has 0 aliphatic heterocycles. The molecule has 0 bridgehead atoms. The Bertz CT molecular complexity index is 1270. The molecule has 1 aromatic carbocycles. The summed E-state index contributed by atoms with van der Waals surface area (Å²) in [6, 6.07) is 6.94. The van der Waals surface area contributed by atoms with Crippen molar-refractivity contribution in [1.82, 2.24) is 24.4 Å². The van der Waals surface area contributed by atoms with Gasteiger partial charge in [0, 0.05) is 23.0 Å². The Morgan fingerprint density at radius 2 is 2.06 bits per heavy atom. The SMILES string of the molecule is COc1ccc(Cl)cc1-c1c(NC(O)c2c(N)nn3cccnc23)cnn1CC(O)C(C)C. The molecule has 0 radical (unpaired) electrons. The van der Waals surface area contributed by atoms with Crippen molar-refractivity contribution in [3.8, 4) is 17.0 Å². The third-order valence-electron chi connectivity index (χ3n) is 5.41. The zero-order chi connectivity index (χ0) is 23.7. The van der Waals surface area contributed by atoms with Crippen LogP contribution in [0.3, 0.4) is 0 Å². The van der Waals surface area contributed by atoms with Gasteiger partial charge in [-0.2, -0.15) is 5.10 Å². The Kier molecular flexibility index (Phi) is 6.41. The van der Waals surface area contributed by atoms with Crippen LogP contribution in [0.1, 0.15) is 25.6 Å². The average Bonchev–Trinajstić information content (AvgIpc) is 3.32. The maximum absolute atomic E-state index is 11.0. The standard InChI is InChI=1S/C22H26ClN7O3/c1-12(2)16(31)11-30-19(14-9-13(23)5-6-17(14)33-3)15(10-26-30)27-22(32)18-20(24)28-29-8-4-7-25-21(18)29/h4-10,12,16,22,27,31-32H,11H2,1-3H3,(H2,24,28). The molecule has 10 nitrogen and oxygen atoms in total. The predicted molar refractivity (Wildman–Crippen MR) is 126 cm³/mol. The summed E-state index contributed by atoms with van der Waals surface area (Å²) in [5.41, 5.74) is 8.58. The van der Waals surface area contributed by atoms with Gasteiger partial charge in [-0.1, -0.05) is 25.4 Å². The fraction of sp³-hybridized carbons (Fsp3) is 0.318. The second-order valence-corrected chi connectivity index (χ2v) is 8.42. The highest BCUT2D eigenvalue weighted by Crippen LogP contribution is 2.38. The maximum Gasteiger partial charge on any atom is 0.164 e. The molecule has 174 valence electrons. The van der Waals surface area contributed by atoms with Crippen LogP contribution in [-0.2, 0) is 6.54 Å². The van der Waals surface area contributed by atoms with Crippen molar-refractivity contribution >= 4 is 28.8 Å². The van der Waals surface area contributed by atoms with Gasteiger partial charge in [0.15, 0.2) is 17.7 Å². The smallest absolute Gasteiger partial charge is 0.164 e. The highest BCUT2D eigenvalue weighted by molar-refractivity contribution is 6.31. The molecule has 33 heavy (non-hydrogen) atoms. The van der Waals surface area contributed by atoms with Gasteiger partial charge in [0.25, 0.3) is 0 Å². The van der Waals surface area contributed by atoms with Gasteiger partial charge >= 0.3 is 0 Å². The first-order valence-corrected chi connectivity index (χ1v) is 10.8. The summed E-state index contributed by atoms with van der Waals surface area (Å²) in [6.07, 6.45) is 3.00. The van der Waals surface area contributed by atoms with E-state index in [0.29, 0.717) is 38.9 Å². The highest BCUT2D eigenvalue weighted by Gasteiger charge is 2.25. The number of fused-ring (bicyclic) bond motifs is 1. The van der Waals surface area contributed by atoms with Crippen LogP contribution in [-0.4, -0.2) is 47.8 Å². The molecule has 2 unspecified atom stereocenters. The lowest BCUT2D eigenvalue weighted by Crippen LogP contribution is -2.23. The third-order valence-corrected chi connectivity index (χ3v) is 5.65. The summed E-state index contributed by atoms with van der Waals surface area (Å²) in [5, 5.41) is 33.8. The number of methoxy groups -OCH3 is 1. The number of hydrogen-bond acceptors (Lipinski definition) is 8. The second kappa shape index (κ2) is 9.26. The number of nitrogen functional groups attached to an aromatic ring is 1. The van der Waals surface area contributed by atoms with Crippen molar-refractivity contribution in [3.63, 3.8) is 0 Å². The van der Waals surface area contributed by atoms with Gasteiger partial charge in [-0.15, -0.1) is 5.10 Å². The molecule has 2 atom stereocenters. The highest BCUT2D eigenvalue weighted by atomic mass is 35.5. The molecule has 0 aliphatic carbocycles. The molecule has 0 spiro atoms. The van der Waals surface area contributed by atoms with E-state index >= 15 is 0 Å². The summed E-state index contributed by atoms with van der Waals surface area (Å²) in [4.78, 5) is 4.28. The van der Waals surface area contributed by atoms with E-state index in [9.17, 15) is 10.2 Å². The first-order chi connectivity index (χ1) is 15.8. The Hall–Kier alpha value is -3.34. The van der Waals surface area contributed by atoms with Crippen molar-refractivity contribution < 1.29 is 14.9 Å². The Morgan fingerprint density at radius 1 is 1.27 bits per heavy atom. The Balaban J connectivity index is 1.79.